The smallest absolute Gasteiger partial charge is 0.347 e. The lowest BCUT2D eigenvalue weighted by Gasteiger charge is -2.11. The molecule has 0 saturated heterocycles. The molecule has 8 heteroatoms. The van der Waals surface area contributed by atoms with Crippen molar-refractivity contribution in [3.63, 3.8) is 0 Å². The molecule has 2 aromatic rings. The van der Waals surface area contributed by atoms with Gasteiger partial charge in [0.1, 0.15) is 11.3 Å². The minimum atomic E-state index is -1.18. The number of nitrogens with zero attached hydrogens (tertiary/aromatic N) is 3. The highest BCUT2D eigenvalue weighted by Crippen LogP contribution is 2.26. The molecule has 0 radical (unpaired) electrons. The van der Waals surface area contributed by atoms with Gasteiger partial charge in [0.2, 0.25) is 0 Å². The minimum Gasteiger partial charge on any atom is -0.478 e. The molecule has 1 N–H and O–H groups in total. The van der Waals surface area contributed by atoms with Crippen LogP contribution >= 0.6 is 0 Å². The van der Waals surface area contributed by atoms with Crippen LogP contribution in [0.3, 0.4) is 0 Å². The van der Waals surface area contributed by atoms with Crippen molar-refractivity contribution in [3.8, 4) is 11.6 Å². The average molecular weight is 291 g/mol. The minimum absolute atomic E-state index is 0.0215. The quantitative estimate of drug-likeness (QED) is 0.871. The van der Waals surface area contributed by atoms with Crippen LogP contribution in [0.1, 0.15) is 15.9 Å². The van der Waals surface area contributed by atoms with E-state index in [1.54, 1.807) is 19.1 Å². The van der Waals surface area contributed by atoms with Gasteiger partial charge in [-0.2, -0.15) is 0 Å². The fourth-order valence-electron chi connectivity index (χ4n) is 1.79. The molecule has 0 fully saturated rings. The number of carboxylic acids is 1. The van der Waals surface area contributed by atoms with Crippen LogP contribution in [0.4, 0.5) is 0 Å². The Morgan fingerprint density at radius 1 is 1.29 bits per heavy atom. The molecule has 1 heterocycles. The summed E-state index contributed by atoms with van der Waals surface area (Å²) in [5, 5.41) is 12.9. The molecule has 0 saturated carbocycles. The van der Waals surface area contributed by atoms with E-state index in [1.807, 2.05) is 0 Å². The molecule has 1 aromatic carbocycles. The van der Waals surface area contributed by atoms with Crippen molar-refractivity contribution in [2.75, 3.05) is 0 Å². The van der Waals surface area contributed by atoms with Crippen LogP contribution in [0.25, 0.3) is 0 Å². The number of benzene rings is 1. The normalized spacial score (nSPS) is 10.4. The lowest BCUT2D eigenvalue weighted by atomic mass is 10.1. The Labute approximate surface area is 118 Å². The largest absolute Gasteiger partial charge is 0.478 e. The van der Waals surface area contributed by atoms with Crippen LogP contribution in [0, 0.1) is 6.92 Å². The maximum atomic E-state index is 12.0. The Morgan fingerprint density at radius 3 is 2.57 bits per heavy atom. The van der Waals surface area contributed by atoms with Crippen LogP contribution in [-0.4, -0.2) is 25.4 Å². The molecule has 0 aliphatic carbocycles. The molecular weight excluding hydrogens is 278 g/mol. The Balaban J connectivity index is 2.62. The Morgan fingerprint density at radius 2 is 1.95 bits per heavy atom. The maximum absolute atomic E-state index is 12.0. The number of aryl methyl sites for hydroxylation is 2. The van der Waals surface area contributed by atoms with Crippen molar-refractivity contribution < 1.29 is 14.6 Å². The van der Waals surface area contributed by atoms with E-state index in [2.05, 4.69) is 5.10 Å². The van der Waals surface area contributed by atoms with Gasteiger partial charge in [0.15, 0.2) is 0 Å². The van der Waals surface area contributed by atoms with E-state index in [9.17, 15) is 14.4 Å². The van der Waals surface area contributed by atoms with Crippen molar-refractivity contribution in [2.45, 2.75) is 6.92 Å². The van der Waals surface area contributed by atoms with Crippen molar-refractivity contribution in [1.82, 2.24) is 14.3 Å². The number of aromatic carboxylic acids is 1. The van der Waals surface area contributed by atoms with Gasteiger partial charge in [0.05, 0.1) is 0 Å². The molecule has 0 aliphatic rings. The first-order chi connectivity index (χ1) is 9.82. The summed E-state index contributed by atoms with van der Waals surface area (Å²) in [4.78, 5) is 34.7. The molecule has 2 rings (SSSR count). The summed E-state index contributed by atoms with van der Waals surface area (Å²) in [6, 6.07) is 4.57. The number of carboxylic acid groups (broad SMARTS) is 1. The van der Waals surface area contributed by atoms with Gasteiger partial charge in [0, 0.05) is 14.1 Å². The first kappa shape index (κ1) is 14.5. The first-order valence-electron chi connectivity index (χ1n) is 5.98. The van der Waals surface area contributed by atoms with E-state index in [-0.39, 0.29) is 17.2 Å². The third-order valence-corrected chi connectivity index (χ3v) is 2.93. The molecule has 0 spiro atoms. The van der Waals surface area contributed by atoms with Crippen molar-refractivity contribution in [1.29, 1.82) is 0 Å². The number of hydrogen-bond acceptors (Lipinski definition) is 5. The third-order valence-electron chi connectivity index (χ3n) is 2.93. The fourth-order valence-corrected chi connectivity index (χ4v) is 1.79. The zero-order chi connectivity index (χ0) is 15.7. The standard InChI is InChI=1S/C13H13N3O5/c1-7-5-4-6-8(12(18)19)9(7)21-10-11(17)15(2)13(20)16(3)14-10/h4-6H,1-3H3,(H,18,19). The Kier molecular flexibility index (Phi) is 3.62. The molecule has 0 unspecified atom stereocenters. The molecule has 0 bridgehead atoms. The van der Waals surface area contributed by atoms with Crippen molar-refractivity contribution in [3.05, 3.63) is 50.2 Å². The number of hydrogen-bond donors (Lipinski definition) is 1. The summed E-state index contributed by atoms with van der Waals surface area (Å²) < 4.78 is 7.14. The predicted molar refractivity (Wildman–Crippen MR) is 72.9 cm³/mol. The van der Waals surface area contributed by atoms with E-state index in [0.717, 1.165) is 9.25 Å². The summed E-state index contributed by atoms with van der Waals surface area (Å²) in [6.45, 7) is 1.65. The molecule has 0 amide bonds. The highest BCUT2D eigenvalue weighted by molar-refractivity contribution is 5.91. The number of para-hydroxylation sites is 1. The van der Waals surface area contributed by atoms with Crippen LogP contribution in [-0.2, 0) is 14.1 Å². The third kappa shape index (κ3) is 2.55. The topological polar surface area (TPSA) is 103 Å². The molecule has 110 valence electrons. The molecule has 8 nitrogen and oxygen atoms in total. The van der Waals surface area contributed by atoms with Gasteiger partial charge in [-0.05, 0) is 18.6 Å². The SMILES string of the molecule is Cc1cccc(C(=O)O)c1Oc1nn(C)c(=O)n(C)c1=O. The summed E-state index contributed by atoms with van der Waals surface area (Å²) in [7, 11) is 2.65. The number of aromatic nitrogens is 3. The molecular formula is C13H13N3O5. The van der Waals surface area contributed by atoms with Crippen LogP contribution in [0.2, 0.25) is 0 Å². The lowest BCUT2D eigenvalue weighted by Crippen LogP contribution is -2.38. The van der Waals surface area contributed by atoms with Crippen LogP contribution in [0.15, 0.2) is 27.8 Å². The van der Waals surface area contributed by atoms with E-state index >= 15 is 0 Å². The summed E-state index contributed by atoms with van der Waals surface area (Å²) in [5.41, 5.74) is -0.895. The monoisotopic (exact) mass is 291 g/mol. The number of carbonyl (C=O) groups is 1. The zero-order valence-electron chi connectivity index (χ0n) is 11.7. The van der Waals surface area contributed by atoms with Gasteiger partial charge >= 0.3 is 23.1 Å². The van der Waals surface area contributed by atoms with Crippen molar-refractivity contribution in [2.24, 2.45) is 14.1 Å². The fraction of sp³-hybridized carbons (Fsp3) is 0.231. The second-order valence-electron chi connectivity index (χ2n) is 4.43. The Hall–Kier alpha value is -2.90. The van der Waals surface area contributed by atoms with Crippen LogP contribution < -0.4 is 16.0 Å². The van der Waals surface area contributed by atoms with E-state index in [0.29, 0.717) is 5.56 Å². The van der Waals surface area contributed by atoms with E-state index < -0.39 is 17.2 Å². The van der Waals surface area contributed by atoms with Crippen LogP contribution in [0.5, 0.6) is 11.6 Å². The second-order valence-corrected chi connectivity index (χ2v) is 4.43. The Bertz CT molecular complexity index is 835. The van der Waals surface area contributed by atoms with Gasteiger partial charge in [-0.1, -0.05) is 12.1 Å². The van der Waals surface area contributed by atoms with Gasteiger partial charge in [-0.15, -0.1) is 5.10 Å². The highest BCUT2D eigenvalue weighted by atomic mass is 16.5. The molecule has 21 heavy (non-hydrogen) atoms. The molecule has 0 aliphatic heterocycles. The van der Waals surface area contributed by atoms with Crippen molar-refractivity contribution >= 4 is 5.97 Å². The van der Waals surface area contributed by atoms with E-state index in [4.69, 9.17) is 9.84 Å². The zero-order valence-corrected chi connectivity index (χ0v) is 11.7. The highest BCUT2D eigenvalue weighted by Gasteiger charge is 2.18. The van der Waals surface area contributed by atoms with E-state index in [1.165, 1.54) is 20.2 Å². The second kappa shape index (κ2) is 5.23. The van der Waals surface area contributed by atoms with Gasteiger partial charge < -0.3 is 9.84 Å². The predicted octanol–water partition coefficient (Wildman–Crippen LogP) is 0.278. The maximum Gasteiger partial charge on any atom is 0.347 e. The summed E-state index contributed by atoms with van der Waals surface area (Å²) in [6.07, 6.45) is 0. The number of ether oxygens (including phenoxy) is 1. The summed E-state index contributed by atoms with van der Waals surface area (Å²) in [5.74, 6) is -1.53. The molecule has 1 aromatic heterocycles. The summed E-state index contributed by atoms with van der Waals surface area (Å²) >= 11 is 0. The number of rotatable bonds is 3. The molecule has 0 atom stereocenters. The first-order valence-corrected chi connectivity index (χ1v) is 5.98. The lowest BCUT2D eigenvalue weighted by molar-refractivity contribution is 0.0694. The van der Waals surface area contributed by atoms with Gasteiger partial charge in [-0.3, -0.25) is 9.36 Å². The average Bonchev–Trinajstić information content (AvgIpc) is 2.44. The van der Waals surface area contributed by atoms with Gasteiger partial charge in [0.25, 0.3) is 0 Å². The van der Waals surface area contributed by atoms with Gasteiger partial charge in [-0.25, -0.2) is 14.3 Å².